The van der Waals surface area contributed by atoms with Gasteiger partial charge in [-0.05, 0) is 18.2 Å². The normalized spacial score (nSPS) is 10.2. The van der Waals surface area contributed by atoms with E-state index in [9.17, 15) is 0 Å². The fourth-order valence-electron chi connectivity index (χ4n) is 1.68. The molecule has 0 saturated carbocycles. The molecule has 0 bridgehead atoms. The molecule has 19 heavy (non-hydrogen) atoms. The van der Waals surface area contributed by atoms with Gasteiger partial charge in [-0.25, -0.2) is 4.98 Å². The molecule has 0 radical (unpaired) electrons. The summed E-state index contributed by atoms with van der Waals surface area (Å²) in [6.07, 6.45) is 1.72. The monoisotopic (exact) mass is 311 g/mol. The Hall–Kier alpha value is -1.47. The third kappa shape index (κ3) is 2.76. The molecule has 96 valence electrons. The maximum atomic E-state index is 8.75. The third-order valence-electron chi connectivity index (χ3n) is 2.60. The Morgan fingerprint density at radius 3 is 2.58 bits per heavy atom. The van der Waals surface area contributed by atoms with Crippen LogP contribution in [0.3, 0.4) is 0 Å². The SMILES string of the molecule is N#CCc1cc(-c2c(Cl)ccc(Cl)c2Cl)cnc1N. The lowest BCUT2D eigenvalue weighted by Crippen LogP contribution is -1.98. The quantitative estimate of drug-likeness (QED) is 0.838. The van der Waals surface area contributed by atoms with Crippen molar-refractivity contribution < 1.29 is 0 Å². The smallest absolute Gasteiger partial charge is 0.127 e. The summed E-state index contributed by atoms with van der Waals surface area (Å²) < 4.78 is 0. The van der Waals surface area contributed by atoms with Crippen LogP contribution in [0.25, 0.3) is 11.1 Å². The standard InChI is InChI=1S/C13H8Cl3N3/c14-9-1-2-10(15)12(16)11(9)8-5-7(3-4-17)13(18)19-6-8/h1-2,5-6H,3H2,(H2,18,19). The van der Waals surface area contributed by atoms with Crippen molar-refractivity contribution in [2.75, 3.05) is 5.73 Å². The number of pyridine rings is 1. The average Bonchev–Trinajstić information content (AvgIpc) is 2.38. The Kier molecular flexibility index (Phi) is 4.16. The topological polar surface area (TPSA) is 62.7 Å². The van der Waals surface area contributed by atoms with Gasteiger partial charge >= 0.3 is 0 Å². The van der Waals surface area contributed by atoms with Gasteiger partial charge in [0.2, 0.25) is 0 Å². The zero-order valence-corrected chi connectivity index (χ0v) is 11.9. The predicted molar refractivity (Wildman–Crippen MR) is 78.4 cm³/mol. The van der Waals surface area contributed by atoms with Crippen LogP contribution in [0.1, 0.15) is 5.56 Å². The van der Waals surface area contributed by atoms with E-state index in [4.69, 9.17) is 45.8 Å². The Balaban J connectivity index is 2.63. The largest absolute Gasteiger partial charge is 0.383 e. The van der Waals surface area contributed by atoms with Crippen LogP contribution >= 0.6 is 34.8 Å². The highest BCUT2D eigenvalue weighted by Crippen LogP contribution is 2.39. The molecule has 6 heteroatoms. The molecule has 0 aliphatic carbocycles. The van der Waals surface area contributed by atoms with Crippen LogP contribution in [-0.2, 0) is 6.42 Å². The first-order chi connectivity index (χ1) is 9.04. The molecule has 0 unspecified atom stereocenters. The third-order valence-corrected chi connectivity index (χ3v) is 3.72. The van der Waals surface area contributed by atoms with Crippen LogP contribution in [0.2, 0.25) is 15.1 Å². The van der Waals surface area contributed by atoms with Crippen molar-refractivity contribution in [2.45, 2.75) is 6.42 Å². The minimum Gasteiger partial charge on any atom is -0.383 e. The number of aromatic nitrogens is 1. The number of halogens is 3. The number of benzene rings is 1. The summed E-state index contributed by atoms with van der Waals surface area (Å²) in [5, 5.41) is 9.97. The first-order valence-electron chi connectivity index (χ1n) is 5.29. The lowest BCUT2D eigenvalue weighted by atomic mass is 10.0. The zero-order chi connectivity index (χ0) is 14.0. The molecule has 0 saturated heterocycles. The van der Waals surface area contributed by atoms with E-state index >= 15 is 0 Å². The zero-order valence-electron chi connectivity index (χ0n) is 9.62. The second-order valence-electron chi connectivity index (χ2n) is 3.82. The number of rotatable bonds is 2. The van der Waals surface area contributed by atoms with Gasteiger partial charge in [0.25, 0.3) is 0 Å². The van der Waals surface area contributed by atoms with Gasteiger partial charge in [-0.2, -0.15) is 5.26 Å². The molecule has 0 aliphatic rings. The first-order valence-corrected chi connectivity index (χ1v) is 6.43. The molecule has 0 fully saturated rings. The van der Waals surface area contributed by atoms with Crippen molar-refractivity contribution in [1.29, 1.82) is 5.26 Å². The molecule has 2 N–H and O–H groups in total. The minimum atomic E-state index is 0.169. The molecular formula is C13H8Cl3N3. The fraction of sp³-hybridized carbons (Fsp3) is 0.0769. The maximum absolute atomic E-state index is 8.75. The number of anilines is 1. The molecule has 0 aliphatic heterocycles. The number of nitriles is 1. The van der Waals surface area contributed by atoms with Gasteiger partial charge in [0, 0.05) is 22.9 Å². The van der Waals surface area contributed by atoms with Crippen molar-refractivity contribution in [3.05, 3.63) is 45.0 Å². The van der Waals surface area contributed by atoms with Gasteiger partial charge in [0.1, 0.15) is 5.82 Å². The van der Waals surface area contributed by atoms with Crippen LogP contribution in [0, 0.1) is 11.3 Å². The molecule has 3 nitrogen and oxygen atoms in total. The molecule has 0 amide bonds. The molecular weight excluding hydrogens is 305 g/mol. The molecule has 2 aromatic rings. The van der Waals surface area contributed by atoms with Crippen molar-refractivity contribution in [3.63, 3.8) is 0 Å². The Bertz CT molecular complexity index is 678. The molecule has 0 atom stereocenters. The highest BCUT2D eigenvalue weighted by atomic mass is 35.5. The highest BCUT2D eigenvalue weighted by Gasteiger charge is 2.13. The Labute approximate surface area is 125 Å². The molecule has 1 aromatic carbocycles. The van der Waals surface area contributed by atoms with E-state index in [1.165, 1.54) is 0 Å². The van der Waals surface area contributed by atoms with Gasteiger partial charge in [-0.3, -0.25) is 0 Å². The molecule has 2 rings (SSSR count). The molecule has 1 aromatic heterocycles. The molecule has 1 heterocycles. The first kappa shape index (κ1) is 14.0. The van der Waals surface area contributed by atoms with E-state index in [0.717, 1.165) is 0 Å². The van der Waals surface area contributed by atoms with Gasteiger partial charge in [0.05, 0.1) is 27.6 Å². The lowest BCUT2D eigenvalue weighted by Gasteiger charge is -2.10. The number of nitrogen functional groups attached to an aromatic ring is 1. The van der Waals surface area contributed by atoms with E-state index in [1.807, 2.05) is 6.07 Å². The van der Waals surface area contributed by atoms with Crippen molar-refractivity contribution in [2.24, 2.45) is 0 Å². The fourth-order valence-corrected chi connectivity index (χ4v) is 2.42. The van der Waals surface area contributed by atoms with Gasteiger partial charge < -0.3 is 5.73 Å². The van der Waals surface area contributed by atoms with Crippen molar-refractivity contribution in [3.8, 4) is 17.2 Å². The number of nitrogens with two attached hydrogens (primary N) is 1. The summed E-state index contributed by atoms with van der Waals surface area (Å²) in [5.74, 6) is 0.319. The van der Waals surface area contributed by atoms with Crippen LogP contribution < -0.4 is 5.73 Å². The van der Waals surface area contributed by atoms with Gasteiger partial charge in [0.15, 0.2) is 0 Å². The van der Waals surface area contributed by atoms with E-state index in [-0.39, 0.29) is 6.42 Å². The van der Waals surface area contributed by atoms with Crippen molar-refractivity contribution >= 4 is 40.6 Å². The lowest BCUT2D eigenvalue weighted by molar-refractivity contribution is 1.20. The molecule has 0 spiro atoms. The summed E-state index contributed by atoms with van der Waals surface area (Å²) in [6.45, 7) is 0. The van der Waals surface area contributed by atoms with Crippen LogP contribution in [0.5, 0.6) is 0 Å². The summed E-state index contributed by atoms with van der Waals surface area (Å²) >= 11 is 18.3. The Morgan fingerprint density at radius 1 is 1.21 bits per heavy atom. The van der Waals surface area contributed by atoms with E-state index in [2.05, 4.69) is 4.98 Å². The van der Waals surface area contributed by atoms with Crippen molar-refractivity contribution in [1.82, 2.24) is 4.98 Å². The maximum Gasteiger partial charge on any atom is 0.127 e. The summed E-state index contributed by atoms with van der Waals surface area (Å²) in [4.78, 5) is 4.05. The summed E-state index contributed by atoms with van der Waals surface area (Å²) in [7, 11) is 0. The van der Waals surface area contributed by atoms with E-state index in [1.54, 1.807) is 24.4 Å². The summed E-state index contributed by atoms with van der Waals surface area (Å²) in [5.41, 5.74) is 7.60. The van der Waals surface area contributed by atoms with Crippen LogP contribution in [0.15, 0.2) is 24.4 Å². The second kappa shape index (κ2) is 5.66. The van der Waals surface area contributed by atoms with E-state index < -0.39 is 0 Å². The van der Waals surface area contributed by atoms with Crippen LogP contribution in [0.4, 0.5) is 5.82 Å². The minimum absolute atomic E-state index is 0.169. The number of nitrogens with zero attached hydrogens (tertiary/aromatic N) is 2. The second-order valence-corrected chi connectivity index (χ2v) is 5.01. The number of hydrogen-bond acceptors (Lipinski definition) is 3. The summed E-state index contributed by atoms with van der Waals surface area (Å²) in [6, 6.07) is 7.06. The van der Waals surface area contributed by atoms with Gasteiger partial charge in [-0.1, -0.05) is 34.8 Å². The predicted octanol–water partition coefficient (Wildman–Crippen LogP) is 4.36. The number of hydrogen-bond donors (Lipinski definition) is 1. The van der Waals surface area contributed by atoms with E-state index in [0.29, 0.717) is 37.6 Å². The average molecular weight is 313 g/mol. The van der Waals surface area contributed by atoms with Gasteiger partial charge in [-0.15, -0.1) is 0 Å². The van der Waals surface area contributed by atoms with Crippen LogP contribution in [-0.4, -0.2) is 4.98 Å². The highest BCUT2D eigenvalue weighted by molar-refractivity contribution is 6.46. The Morgan fingerprint density at radius 2 is 1.89 bits per heavy atom.